The summed E-state index contributed by atoms with van der Waals surface area (Å²) in [6.07, 6.45) is 3.40. The summed E-state index contributed by atoms with van der Waals surface area (Å²) in [5, 5.41) is 13.2. The smallest absolute Gasteiger partial charge is 0.286 e. The minimum absolute atomic E-state index is 0.0281. The summed E-state index contributed by atoms with van der Waals surface area (Å²) in [4.78, 5) is 33.5. The number of nitrogens with zero attached hydrogens (tertiary/aromatic N) is 2. The Hall–Kier alpha value is -4.73. The molecule has 2 aromatic heterocycles. The molecule has 0 spiro atoms. The molecule has 9 heteroatoms. The van der Waals surface area contributed by atoms with Gasteiger partial charge in [-0.1, -0.05) is 54.6 Å². The summed E-state index contributed by atoms with van der Waals surface area (Å²) in [6.45, 7) is 1.97. The molecule has 3 aromatic carbocycles. The lowest BCUT2D eigenvalue weighted by molar-refractivity contribution is -0.150. The van der Waals surface area contributed by atoms with Crippen molar-refractivity contribution in [1.82, 2.24) is 19.9 Å². The van der Waals surface area contributed by atoms with Gasteiger partial charge >= 0.3 is 0 Å². The number of carbonyl (C=O) groups is 2. The van der Waals surface area contributed by atoms with E-state index in [1.165, 1.54) is 6.92 Å². The number of fused-ring (bicyclic) bond motifs is 2. The number of aliphatic hydroxyl groups is 1. The predicted molar refractivity (Wildman–Crippen MR) is 154 cm³/mol. The van der Waals surface area contributed by atoms with Gasteiger partial charge in [-0.2, -0.15) is 0 Å². The Bertz CT molecular complexity index is 1720. The maximum absolute atomic E-state index is 13.3. The highest BCUT2D eigenvalue weighted by Crippen LogP contribution is 2.36. The largest absolute Gasteiger partial charge is 0.459 e. The van der Waals surface area contributed by atoms with Crippen molar-refractivity contribution in [3.63, 3.8) is 0 Å². The Morgan fingerprint density at radius 3 is 2.61 bits per heavy atom. The summed E-state index contributed by atoms with van der Waals surface area (Å²) in [5.41, 5.74) is 5.19. The highest BCUT2D eigenvalue weighted by Gasteiger charge is 2.31. The van der Waals surface area contributed by atoms with Crippen molar-refractivity contribution in [2.45, 2.75) is 45.3 Å². The molecule has 208 valence electrons. The van der Waals surface area contributed by atoms with Crippen LogP contribution in [0.25, 0.3) is 21.9 Å². The lowest BCUT2D eigenvalue weighted by Gasteiger charge is -2.29. The summed E-state index contributed by atoms with van der Waals surface area (Å²) < 4.78 is 13.8. The average Bonchev–Trinajstić information content (AvgIpc) is 3.61. The summed E-state index contributed by atoms with van der Waals surface area (Å²) in [6, 6.07) is 22.9. The quantitative estimate of drug-likeness (QED) is 0.253. The lowest BCUT2D eigenvalue weighted by Crippen LogP contribution is -2.32. The zero-order valence-corrected chi connectivity index (χ0v) is 22.5. The minimum Gasteiger partial charge on any atom is -0.459 e. The normalized spacial score (nSPS) is 16.9. The van der Waals surface area contributed by atoms with E-state index >= 15 is 0 Å². The van der Waals surface area contributed by atoms with Gasteiger partial charge in [-0.25, -0.2) is 4.98 Å². The monoisotopic (exact) mass is 550 g/mol. The molecule has 0 unspecified atom stereocenters. The van der Waals surface area contributed by atoms with Crippen molar-refractivity contribution in [2.75, 3.05) is 0 Å². The van der Waals surface area contributed by atoms with E-state index in [1.54, 1.807) is 10.6 Å². The first-order valence-corrected chi connectivity index (χ1v) is 13.5. The van der Waals surface area contributed by atoms with Crippen LogP contribution in [0.4, 0.5) is 0 Å². The van der Waals surface area contributed by atoms with Gasteiger partial charge in [-0.05, 0) is 41.0 Å². The van der Waals surface area contributed by atoms with Gasteiger partial charge in [-0.3, -0.25) is 14.2 Å². The van der Waals surface area contributed by atoms with Crippen molar-refractivity contribution < 1.29 is 24.2 Å². The van der Waals surface area contributed by atoms with Crippen LogP contribution in [0, 0.1) is 0 Å². The van der Waals surface area contributed by atoms with Crippen molar-refractivity contribution in [1.29, 1.82) is 0 Å². The minimum atomic E-state index is -0.700. The van der Waals surface area contributed by atoms with Crippen LogP contribution in [0.5, 0.6) is 0 Å². The van der Waals surface area contributed by atoms with Gasteiger partial charge in [0.1, 0.15) is 5.82 Å². The van der Waals surface area contributed by atoms with Crippen molar-refractivity contribution in [2.24, 2.45) is 0 Å². The molecule has 0 bridgehead atoms. The maximum Gasteiger partial charge on any atom is 0.286 e. The molecular formula is C32H30N4O5. The van der Waals surface area contributed by atoms with Crippen LogP contribution in [-0.4, -0.2) is 37.7 Å². The summed E-state index contributed by atoms with van der Waals surface area (Å²) >= 11 is 0. The molecule has 3 N–H and O–H groups in total. The van der Waals surface area contributed by atoms with Gasteiger partial charge < -0.3 is 24.9 Å². The average molecular weight is 551 g/mol. The number of para-hydroxylation sites is 3. The number of amides is 1. The van der Waals surface area contributed by atoms with E-state index in [4.69, 9.17) is 9.47 Å². The number of nitrogens with one attached hydrogen (secondary N) is 2. The van der Waals surface area contributed by atoms with Gasteiger partial charge in [0.05, 0.1) is 36.3 Å². The van der Waals surface area contributed by atoms with Crippen LogP contribution < -0.4 is 5.32 Å². The molecule has 9 nitrogen and oxygen atoms in total. The molecule has 0 fully saturated rings. The lowest BCUT2D eigenvalue weighted by atomic mass is 9.92. The molecule has 3 heterocycles. The first-order valence-electron chi connectivity index (χ1n) is 13.5. The molecule has 41 heavy (non-hydrogen) atoms. The van der Waals surface area contributed by atoms with Crippen LogP contribution in [0.15, 0.2) is 90.8 Å². The highest BCUT2D eigenvalue weighted by atomic mass is 16.7. The number of aromatic amines is 1. The number of aliphatic hydroxyl groups excluding tert-OH is 1. The number of ether oxygens (including phenoxy) is 2. The zero-order chi connectivity index (χ0) is 28.3. The predicted octanol–water partition coefficient (Wildman–Crippen LogP) is 4.92. The summed E-state index contributed by atoms with van der Waals surface area (Å²) in [5.74, 6) is 0.0783. The van der Waals surface area contributed by atoms with Crippen molar-refractivity contribution in [3.8, 4) is 0 Å². The van der Waals surface area contributed by atoms with E-state index < -0.39 is 6.29 Å². The second-order valence-electron chi connectivity index (χ2n) is 10.1. The SMILES string of the molecule is CC(=O)n1cc([C@H]2C=C(C(=O)NCc3nc4ccccc4[nH]3)O[C@@H](OCc3ccc(CO)cc3)C2)c2ccccc21. The fourth-order valence-electron chi connectivity index (χ4n) is 5.17. The molecule has 0 saturated carbocycles. The van der Waals surface area contributed by atoms with Crippen LogP contribution in [-0.2, 0) is 34.0 Å². The van der Waals surface area contributed by atoms with E-state index in [2.05, 4.69) is 15.3 Å². The highest BCUT2D eigenvalue weighted by molar-refractivity contribution is 5.95. The number of benzene rings is 3. The van der Waals surface area contributed by atoms with E-state index in [0.717, 1.165) is 38.6 Å². The second kappa shape index (κ2) is 11.4. The molecule has 0 radical (unpaired) electrons. The molecule has 5 aromatic rings. The van der Waals surface area contributed by atoms with Gasteiger partial charge in [0.2, 0.25) is 12.2 Å². The Balaban J connectivity index is 1.26. The van der Waals surface area contributed by atoms with Gasteiger partial charge in [0.15, 0.2) is 5.76 Å². The second-order valence-corrected chi connectivity index (χ2v) is 10.1. The third kappa shape index (κ3) is 5.63. The third-order valence-corrected chi connectivity index (χ3v) is 7.26. The Labute approximate surface area is 236 Å². The molecular weight excluding hydrogens is 520 g/mol. The maximum atomic E-state index is 13.3. The van der Waals surface area contributed by atoms with Crippen LogP contribution >= 0.6 is 0 Å². The number of aromatic nitrogens is 3. The van der Waals surface area contributed by atoms with Gasteiger partial charge in [0.25, 0.3) is 5.91 Å². The number of hydrogen-bond acceptors (Lipinski definition) is 6. The van der Waals surface area contributed by atoms with E-state index in [-0.39, 0.29) is 43.2 Å². The number of imidazole rings is 1. The fourth-order valence-corrected chi connectivity index (χ4v) is 5.17. The number of allylic oxidation sites excluding steroid dienone is 1. The number of rotatable bonds is 8. The van der Waals surface area contributed by atoms with Gasteiger partial charge in [-0.15, -0.1) is 0 Å². The first-order chi connectivity index (χ1) is 20.0. The standard InChI is InChI=1S/C32H30N4O5/c1-20(38)36-17-25(24-6-2-5-9-28(24)36)23-14-29(32(39)33-16-30-34-26-7-3-4-8-27(26)35-30)41-31(15-23)40-19-22-12-10-21(18-37)11-13-22/h2-14,17,23,31,37H,15-16,18-19H2,1H3,(H,33,39)(H,34,35)/t23-,31+/m0/s1. The topological polar surface area (TPSA) is 118 Å². The van der Waals surface area contributed by atoms with Crippen molar-refractivity contribution >= 4 is 33.8 Å². The van der Waals surface area contributed by atoms with Gasteiger partial charge in [0, 0.05) is 30.8 Å². The Kier molecular flexibility index (Phi) is 7.37. The van der Waals surface area contributed by atoms with E-state index in [1.807, 2.05) is 79.0 Å². The first kappa shape index (κ1) is 26.5. The molecule has 6 rings (SSSR count). The van der Waals surface area contributed by atoms with Crippen LogP contribution in [0.3, 0.4) is 0 Å². The fraction of sp³-hybridized carbons (Fsp3) is 0.219. The summed E-state index contributed by atoms with van der Waals surface area (Å²) in [7, 11) is 0. The Morgan fingerprint density at radius 1 is 1.07 bits per heavy atom. The molecule has 0 saturated heterocycles. The molecule has 1 aliphatic heterocycles. The Morgan fingerprint density at radius 2 is 1.83 bits per heavy atom. The van der Waals surface area contributed by atoms with Crippen molar-refractivity contribution in [3.05, 3.63) is 113 Å². The molecule has 1 aliphatic rings. The zero-order valence-electron chi connectivity index (χ0n) is 22.5. The number of H-pyrrole nitrogens is 1. The third-order valence-electron chi connectivity index (χ3n) is 7.26. The molecule has 0 aliphatic carbocycles. The molecule has 2 atom stereocenters. The van der Waals surface area contributed by atoms with Crippen LogP contribution in [0.1, 0.15) is 46.6 Å². The number of carbonyl (C=O) groups excluding carboxylic acids is 2. The molecule has 1 amide bonds. The number of hydrogen-bond donors (Lipinski definition) is 3. The van der Waals surface area contributed by atoms with E-state index in [0.29, 0.717) is 12.2 Å². The van der Waals surface area contributed by atoms with Crippen LogP contribution in [0.2, 0.25) is 0 Å². The van der Waals surface area contributed by atoms with E-state index in [9.17, 15) is 14.7 Å².